The Balaban J connectivity index is 1.82. The number of benzene rings is 1. The van der Waals surface area contributed by atoms with Gasteiger partial charge in [-0.3, -0.25) is 9.59 Å². The fourth-order valence-electron chi connectivity index (χ4n) is 3.26. The van der Waals surface area contributed by atoms with Gasteiger partial charge in [0.1, 0.15) is 0 Å². The van der Waals surface area contributed by atoms with Gasteiger partial charge in [0.25, 0.3) is 11.5 Å². The topological polar surface area (TPSA) is 67.2 Å². The molecule has 0 saturated heterocycles. The van der Waals surface area contributed by atoms with Gasteiger partial charge in [-0.05, 0) is 30.0 Å². The largest absolute Gasteiger partial charge is 0.384 e. The van der Waals surface area contributed by atoms with Crippen LogP contribution in [0.1, 0.15) is 48.0 Å². The number of anilines is 1. The lowest BCUT2D eigenvalue weighted by atomic mass is 9.96. The van der Waals surface area contributed by atoms with Crippen LogP contribution < -0.4 is 10.9 Å². The minimum absolute atomic E-state index is 0.00163. The summed E-state index contributed by atoms with van der Waals surface area (Å²) in [6, 6.07) is 7.39. The Morgan fingerprint density at radius 2 is 2.04 bits per heavy atom. The van der Waals surface area contributed by atoms with E-state index in [0.29, 0.717) is 25.1 Å². The Bertz CT molecular complexity index is 925. The van der Waals surface area contributed by atoms with Crippen LogP contribution in [0.25, 0.3) is 0 Å². The van der Waals surface area contributed by atoms with Crippen LogP contribution in [0.15, 0.2) is 29.1 Å². The van der Waals surface area contributed by atoms with Gasteiger partial charge in [0, 0.05) is 56.0 Å². The molecule has 0 bridgehead atoms. The van der Waals surface area contributed by atoms with E-state index in [1.165, 1.54) is 4.68 Å². The van der Waals surface area contributed by atoms with Gasteiger partial charge in [-0.2, -0.15) is 5.10 Å². The number of fused-ring (bicyclic) bond motifs is 1. The summed E-state index contributed by atoms with van der Waals surface area (Å²) in [7, 11) is 1.65. The predicted molar refractivity (Wildman–Crippen MR) is 107 cm³/mol. The fourth-order valence-corrected chi connectivity index (χ4v) is 3.26. The van der Waals surface area contributed by atoms with E-state index in [0.717, 1.165) is 29.1 Å². The highest BCUT2D eigenvalue weighted by molar-refractivity contribution is 5.97. The maximum absolute atomic E-state index is 13.1. The lowest BCUT2D eigenvalue weighted by Crippen LogP contribution is -2.38. The van der Waals surface area contributed by atoms with Crippen molar-refractivity contribution in [3.8, 4) is 0 Å². The second-order valence-electron chi connectivity index (χ2n) is 8.45. The Labute approximate surface area is 160 Å². The van der Waals surface area contributed by atoms with Gasteiger partial charge in [-0.25, -0.2) is 4.68 Å². The molecule has 27 heavy (non-hydrogen) atoms. The first-order valence-electron chi connectivity index (χ1n) is 9.34. The van der Waals surface area contributed by atoms with Crippen molar-refractivity contribution in [2.24, 2.45) is 12.5 Å². The number of carbonyl (C=O) groups is 1. The van der Waals surface area contributed by atoms with E-state index in [1.807, 2.05) is 25.1 Å². The van der Waals surface area contributed by atoms with Crippen LogP contribution in [0.5, 0.6) is 0 Å². The van der Waals surface area contributed by atoms with Gasteiger partial charge >= 0.3 is 0 Å². The van der Waals surface area contributed by atoms with Crippen LogP contribution >= 0.6 is 0 Å². The van der Waals surface area contributed by atoms with Crippen molar-refractivity contribution in [1.29, 1.82) is 0 Å². The fraction of sp³-hybridized carbons (Fsp3) is 0.476. The molecule has 1 aromatic carbocycles. The van der Waals surface area contributed by atoms with Crippen molar-refractivity contribution in [2.75, 3.05) is 18.4 Å². The first-order chi connectivity index (χ1) is 12.7. The normalized spacial score (nSPS) is 14.0. The SMILES string of the molecule is Cc1c(NCC(C)(C)C)cccc1C(=O)N1CCc2nn(C)c(=O)cc2C1. The van der Waals surface area contributed by atoms with Crippen LogP contribution in [0, 0.1) is 12.3 Å². The molecule has 1 amide bonds. The number of amides is 1. The van der Waals surface area contributed by atoms with E-state index in [9.17, 15) is 9.59 Å². The molecule has 0 fully saturated rings. The molecule has 0 atom stereocenters. The van der Waals surface area contributed by atoms with Crippen molar-refractivity contribution in [3.63, 3.8) is 0 Å². The summed E-state index contributed by atoms with van der Waals surface area (Å²) in [6.07, 6.45) is 0.663. The highest BCUT2D eigenvalue weighted by Gasteiger charge is 2.25. The molecular formula is C21H28N4O2. The predicted octanol–water partition coefficient (Wildman–Crippen LogP) is 2.75. The van der Waals surface area contributed by atoms with Crippen molar-refractivity contribution in [2.45, 2.75) is 40.7 Å². The number of nitrogens with one attached hydrogen (secondary N) is 1. The summed E-state index contributed by atoms with van der Waals surface area (Å²) in [5, 5.41) is 7.77. The van der Waals surface area contributed by atoms with E-state index in [-0.39, 0.29) is 16.9 Å². The van der Waals surface area contributed by atoms with E-state index < -0.39 is 0 Å². The lowest BCUT2D eigenvalue weighted by Gasteiger charge is -2.29. The zero-order valence-corrected chi connectivity index (χ0v) is 16.8. The van der Waals surface area contributed by atoms with Crippen molar-refractivity contribution in [1.82, 2.24) is 14.7 Å². The number of rotatable bonds is 3. The summed E-state index contributed by atoms with van der Waals surface area (Å²) in [4.78, 5) is 26.8. The quantitative estimate of drug-likeness (QED) is 0.905. The number of hydrogen-bond donors (Lipinski definition) is 1. The van der Waals surface area contributed by atoms with Gasteiger partial charge in [-0.1, -0.05) is 26.8 Å². The van der Waals surface area contributed by atoms with Crippen molar-refractivity contribution < 1.29 is 4.79 Å². The maximum atomic E-state index is 13.1. The Morgan fingerprint density at radius 3 is 2.74 bits per heavy atom. The summed E-state index contributed by atoms with van der Waals surface area (Å²) in [5.41, 5.74) is 4.41. The number of aromatic nitrogens is 2. The molecule has 0 radical (unpaired) electrons. The molecule has 0 spiro atoms. The summed E-state index contributed by atoms with van der Waals surface area (Å²) in [6.45, 7) is 10.4. The number of nitrogens with zero attached hydrogens (tertiary/aromatic N) is 3. The van der Waals surface area contributed by atoms with Crippen LogP contribution in [0.3, 0.4) is 0 Å². The summed E-state index contributed by atoms with van der Waals surface area (Å²) in [5.74, 6) is -0.00163. The Morgan fingerprint density at radius 1 is 1.30 bits per heavy atom. The highest BCUT2D eigenvalue weighted by atomic mass is 16.2. The van der Waals surface area contributed by atoms with Gasteiger partial charge < -0.3 is 10.2 Å². The second kappa shape index (κ2) is 7.18. The number of carbonyl (C=O) groups excluding carboxylic acids is 1. The van der Waals surface area contributed by atoms with E-state index >= 15 is 0 Å². The van der Waals surface area contributed by atoms with Gasteiger partial charge in [0.2, 0.25) is 0 Å². The molecule has 0 unspecified atom stereocenters. The van der Waals surface area contributed by atoms with Gasteiger partial charge in [0.15, 0.2) is 0 Å². The molecule has 144 valence electrons. The second-order valence-corrected chi connectivity index (χ2v) is 8.45. The van der Waals surface area contributed by atoms with Crippen LogP contribution in [0.4, 0.5) is 5.69 Å². The molecule has 3 rings (SSSR count). The van der Waals surface area contributed by atoms with Crippen molar-refractivity contribution in [3.05, 3.63) is 57.0 Å². The lowest BCUT2D eigenvalue weighted by molar-refractivity contribution is 0.0732. The zero-order valence-electron chi connectivity index (χ0n) is 16.8. The number of aryl methyl sites for hydroxylation is 1. The minimum Gasteiger partial charge on any atom is -0.384 e. The van der Waals surface area contributed by atoms with Crippen LogP contribution in [-0.2, 0) is 20.0 Å². The molecular weight excluding hydrogens is 340 g/mol. The van der Waals surface area contributed by atoms with E-state index in [4.69, 9.17) is 0 Å². The third-order valence-electron chi connectivity index (χ3n) is 4.90. The monoisotopic (exact) mass is 368 g/mol. The molecule has 1 aromatic heterocycles. The first-order valence-corrected chi connectivity index (χ1v) is 9.34. The molecule has 6 heteroatoms. The van der Waals surface area contributed by atoms with Gasteiger partial charge in [-0.15, -0.1) is 0 Å². The third kappa shape index (κ3) is 4.21. The number of hydrogen-bond acceptors (Lipinski definition) is 4. The Kier molecular flexibility index (Phi) is 5.09. The van der Waals surface area contributed by atoms with Crippen LogP contribution in [0.2, 0.25) is 0 Å². The molecule has 2 heterocycles. The van der Waals surface area contributed by atoms with E-state index in [1.54, 1.807) is 18.0 Å². The minimum atomic E-state index is -0.146. The molecule has 1 aliphatic rings. The molecule has 0 aliphatic carbocycles. The molecule has 0 saturated carbocycles. The smallest absolute Gasteiger partial charge is 0.266 e. The average molecular weight is 368 g/mol. The highest BCUT2D eigenvalue weighted by Crippen LogP contribution is 2.24. The van der Waals surface area contributed by atoms with Crippen molar-refractivity contribution >= 4 is 11.6 Å². The average Bonchev–Trinajstić information content (AvgIpc) is 2.60. The summed E-state index contributed by atoms with van der Waals surface area (Å²) >= 11 is 0. The zero-order chi connectivity index (χ0) is 19.8. The maximum Gasteiger partial charge on any atom is 0.266 e. The van der Waals surface area contributed by atoms with Gasteiger partial charge in [0.05, 0.1) is 5.69 Å². The molecule has 1 aliphatic heterocycles. The Hall–Kier alpha value is -2.63. The molecule has 6 nitrogen and oxygen atoms in total. The standard InChI is InChI=1S/C21H28N4O2/c1-14-16(7-6-8-17(14)22-13-21(2,3)4)20(27)25-10-9-18-15(12-25)11-19(26)24(5)23-18/h6-8,11,22H,9-10,12-13H2,1-5H3. The third-order valence-corrected chi connectivity index (χ3v) is 4.90. The molecule has 2 aromatic rings. The van der Waals surface area contributed by atoms with Crippen LogP contribution in [-0.4, -0.2) is 33.7 Å². The first kappa shape index (κ1) is 19.1. The van der Waals surface area contributed by atoms with E-state index in [2.05, 4.69) is 31.2 Å². The molecule has 1 N–H and O–H groups in total. The summed E-state index contributed by atoms with van der Waals surface area (Å²) < 4.78 is 1.35.